The molecule has 0 aliphatic heterocycles. The van der Waals surface area contributed by atoms with Gasteiger partial charge in [-0.05, 0) is 29.3 Å². The van der Waals surface area contributed by atoms with Gasteiger partial charge in [0.15, 0.2) is 0 Å². The van der Waals surface area contributed by atoms with Gasteiger partial charge < -0.3 is 0 Å². The van der Waals surface area contributed by atoms with Gasteiger partial charge in [0.05, 0.1) is 21.5 Å². The first-order valence-corrected chi connectivity index (χ1v) is 9.53. The van der Waals surface area contributed by atoms with Crippen LogP contribution in [0, 0.1) is 0 Å². The third-order valence-corrected chi connectivity index (χ3v) is 5.71. The minimum absolute atomic E-state index is 0.0654. The van der Waals surface area contributed by atoms with Crippen LogP contribution in [0.25, 0.3) is 0 Å². The van der Waals surface area contributed by atoms with Crippen LogP contribution in [0.2, 0.25) is 10.0 Å². The lowest BCUT2D eigenvalue weighted by atomic mass is 10.1. The predicted octanol–water partition coefficient (Wildman–Crippen LogP) is 3.11. The Labute approximate surface area is 155 Å². The predicted molar refractivity (Wildman–Crippen MR) is 96.1 cm³/mol. The average Bonchev–Trinajstić information content (AvgIpc) is 3.09. The van der Waals surface area contributed by atoms with Gasteiger partial charge >= 0.3 is 0 Å². The monoisotopic (exact) mass is 396 g/mol. The minimum atomic E-state index is -3.70. The molecular weight excluding hydrogens is 383 g/mol. The zero-order valence-electron chi connectivity index (χ0n) is 12.9. The average molecular weight is 397 g/mol. The normalized spacial score (nSPS) is 11.6. The third kappa shape index (κ3) is 4.38. The highest BCUT2D eigenvalue weighted by Crippen LogP contribution is 2.25. The third-order valence-electron chi connectivity index (χ3n) is 3.57. The van der Waals surface area contributed by atoms with E-state index >= 15 is 0 Å². The van der Waals surface area contributed by atoms with E-state index < -0.39 is 10.0 Å². The maximum Gasteiger partial charge on any atom is 0.240 e. The molecule has 0 radical (unpaired) electrons. The van der Waals surface area contributed by atoms with E-state index in [2.05, 4.69) is 14.8 Å². The fourth-order valence-electron chi connectivity index (χ4n) is 2.27. The SMILES string of the molecule is O=S(=O)(NCc1ccccc1Cn1cncn1)c1ccc(Cl)c(Cl)c1. The molecule has 3 aromatic rings. The van der Waals surface area contributed by atoms with Gasteiger partial charge in [0, 0.05) is 6.54 Å². The first kappa shape index (κ1) is 17.9. The van der Waals surface area contributed by atoms with Crippen LogP contribution in [0.15, 0.2) is 60.0 Å². The minimum Gasteiger partial charge on any atom is -0.249 e. The summed E-state index contributed by atoms with van der Waals surface area (Å²) in [5.41, 5.74) is 1.80. The van der Waals surface area contributed by atoms with Crippen molar-refractivity contribution in [3.05, 3.63) is 76.3 Å². The largest absolute Gasteiger partial charge is 0.249 e. The number of hydrogen-bond acceptors (Lipinski definition) is 4. The van der Waals surface area contributed by atoms with E-state index in [4.69, 9.17) is 23.2 Å². The molecule has 1 heterocycles. The fourth-order valence-corrected chi connectivity index (χ4v) is 3.67. The number of nitrogens with zero attached hydrogens (tertiary/aromatic N) is 3. The second kappa shape index (κ2) is 7.53. The Morgan fingerprint density at radius 2 is 1.80 bits per heavy atom. The molecule has 25 heavy (non-hydrogen) atoms. The molecule has 0 amide bonds. The van der Waals surface area contributed by atoms with Gasteiger partial charge in [-0.25, -0.2) is 22.8 Å². The highest BCUT2D eigenvalue weighted by Gasteiger charge is 2.16. The van der Waals surface area contributed by atoms with Crippen LogP contribution in [0.4, 0.5) is 0 Å². The Morgan fingerprint density at radius 1 is 1.04 bits per heavy atom. The van der Waals surface area contributed by atoms with Crippen LogP contribution in [0.5, 0.6) is 0 Å². The molecule has 0 aliphatic rings. The lowest BCUT2D eigenvalue weighted by Crippen LogP contribution is -2.24. The van der Waals surface area contributed by atoms with Crippen molar-refractivity contribution in [2.24, 2.45) is 0 Å². The summed E-state index contributed by atoms with van der Waals surface area (Å²) in [6.07, 6.45) is 3.06. The number of hydrogen-bond donors (Lipinski definition) is 1. The first-order chi connectivity index (χ1) is 12.0. The summed E-state index contributed by atoms with van der Waals surface area (Å²) in [6.45, 7) is 0.651. The smallest absolute Gasteiger partial charge is 0.240 e. The summed E-state index contributed by atoms with van der Waals surface area (Å²) >= 11 is 11.7. The van der Waals surface area contributed by atoms with Gasteiger partial charge in [-0.2, -0.15) is 5.10 Å². The highest BCUT2D eigenvalue weighted by molar-refractivity contribution is 7.89. The van der Waals surface area contributed by atoms with Gasteiger partial charge in [-0.1, -0.05) is 47.5 Å². The zero-order valence-corrected chi connectivity index (χ0v) is 15.3. The Morgan fingerprint density at radius 3 is 2.48 bits per heavy atom. The molecule has 0 saturated carbocycles. The Bertz CT molecular complexity index is 976. The van der Waals surface area contributed by atoms with E-state index in [1.54, 1.807) is 11.0 Å². The van der Waals surface area contributed by atoms with Crippen molar-refractivity contribution < 1.29 is 8.42 Å². The number of nitrogens with one attached hydrogen (secondary N) is 1. The van der Waals surface area contributed by atoms with Crippen LogP contribution in [-0.2, 0) is 23.1 Å². The van der Waals surface area contributed by atoms with Crippen molar-refractivity contribution in [2.75, 3.05) is 0 Å². The number of benzene rings is 2. The Balaban J connectivity index is 1.78. The molecule has 0 saturated heterocycles. The van der Waals surface area contributed by atoms with Crippen LogP contribution in [0.1, 0.15) is 11.1 Å². The van der Waals surface area contributed by atoms with Crippen LogP contribution in [0.3, 0.4) is 0 Å². The van der Waals surface area contributed by atoms with Crippen LogP contribution < -0.4 is 4.72 Å². The van der Waals surface area contributed by atoms with Crippen molar-refractivity contribution >= 4 is 33.2 Å². The van der Waals surface area contributed by atoms with Gasteiger partial charge in [0.1, 0.15) is 12.7 Å². The van der Waals surface area contributed by atoms with Crippen molar-refractivity contribution in [3.8, 4) is 0 Å². The highest BCUT2D eigenvalue weighted by atomic mass is 35.5. The summed E-state index contributed by atoms with van der Waals surface area (Å²) in [5, 5.41) is 4.56. The summed E-state index contributed by atoms with van der Waals surface area (Å²) in [4.78, 5) is 3.97. The Hall–Kier alpha value is -1.93. The van der Waals surface area contributed by atoms with Crippen LogP contribution >= 0.6 is 23.2 Å². The molecule has 3 rings (SSSR count). The summed E-state index contributed by atoms with van der Waals surface area (Å²) in [6, 6.07) is 11.7. The van der Waals surface area contributed by atoms with Crippen molar-refractivity contribution in [2.45, 2.75) is 18.0 Å². The number of halogens is 2. The maximum absolute atomic E-state index is 12.5. The second-order valence-corrected chi connectivity index (χ2v) is 7.84. The summed E-state index contributed by atoms with van der Waals surface area (Å²) in [5.74, 6) is 0. The lowest BCUT2D eigenvalue weighted by Gasteiger charge is -2.11. The number of rotatable bonds is 6. The second-order valence-electron chi connectivity index (χ2n) is 5.26. The van der Waals surface area contributed by atoms with E-state index in [9.17, 15) is 8.42 Å². The molecule has 9 heteroatoms. The molecule has 1 aromatic heterocycles. The summed E-state index contributed by atoms with van der Waals surface area (Å²) in [7, 11) is -3.70. The van der Waals surface area contributed by atoms with E-state index in [0.717, 1.165) is 11.1 Å². The van der Waals surface area contributed by atoms with E-state index in [0.29, 0.717) is 11.6 Å². The fraction of sp³-hybridized carbons (Fsp3) is 0.125. The molecule has 6 nitrogen and oxygen atoms in total. The molecule has 0 bridgehead atoms. The number of aromatic nitrogens is 3. The molecule has 0 atom stereocenters. The molecule has 0 spiro atoms. The van der Waals surface area contributed by atoms with Crippen molar-refractivity contribution in [1.82, 2.24) is 19.5 Å². The van der Waals surface area contributed by atoms with E-state index in [1.165, 1.54) is 24.5 Å². The quantitative estimate of drug-likeness (QED) is 0.694. The topological polar surface area (TPSA) is 76.9 Å². The molecule has 130 valence electrons. The molecule has 1 N–H and O–H groups in total. The van der Waals surface area contributed by atoms with Gasteiger partial charge in [-0.3, -0.25) is 0 Å². The first-order valence-electron chi connectivity index (χ1n) is 7.29. The molecule has 0 unspecified atom stereocenters. The lowest BCUT2D eigenvalue weighted by molar-refractivity contribution is 0.580. The molecular formula is C16H14Cl2N4O2S. The van der Waals surface area contributed by atoms with Crippen molar-refractivity contribution in [3.63, 3.8) is 0 Å². The van der Waals surface area contributed by atoms with Gasteiger partial charge in [0.2, 0.25) is 10.0 Å². The molecule has 0 fully saturated rings. The summed E-state index contributed by atoms with van der Waals surface area (Å²) < 4.78 is 29.2. The van der Waals surface area contributed by atoms with E-state index in [1.807, 2.05) is 24.3 Å². The zero-order chi connectivity index (χ0) is 17.9. The maximum atomic E-state index is 12.5. The molecule has 0 aliphatic carbocycles. The van der Waals surface area contributed by atoms with Gasteiger partial charge in [0.25, 0.3) is 0 Å². The van der Waals surface area contributed by atoms with Crippen LogP contribution in [-0.4, -0.2) is 23.2 Å². The Kier molecular flexibility index (Phi) is 5.39. The van der Waals surface area contributed by atoms with Gasteiger partial charge in [-0.15, -0.1) is 0 Å². The van der Waals surface area contributed by atoms with E-state index in [-0.39, 0.29) is 16.5 Å². The van der Waals surface area contributed by atoms with Crippen molar-refractivity contribution in [1.29, 1.82) is 0 Å². The molecule has 2 aromatic carbocycles. The standard InChI is InChI=1S/C16H14Cl2N4O2S/c17-15-6-5-14(7-16(15)18)25(23,24)21-8-12-3-1-2-4-13(12)9-22-11-19-10-20-22/h1-7,10-11,21H,8-9H2. The number of sulfonamides is 1.